The second-order valence-corrected chi connectivity index (χ2v) is 4.66. The number of fused-ring (bicyclic) bond motifs is 1. The van der Waals surface area contributed by atoms with Crippen LogP contribution in [0.5, 0.6) is 0 Å². The molecule has 2 aromatic rings. The van der Waals surface area contributed by atoms with Gasteiger partial charge in [0.05, 0.1) is 6.26 Å². The van der Waals surface area contributed by atoms with E-state index in [1.165, 1.54) is 0 Å². The van der Waals surface area contributed by atoms with E-state index in [0.29, 0.717) is 5.92 Å². The van der Waals surface area contributed by atoms with Gasteiger partial charge in [-0.1, -0.05) is 18.2 Å². The summed E-state index contributed by atoms with van der Waals surface area (Å²) in [4.78, 5) is 0. The lowest BCUT2D eigenvalue weighted by molar-refractivity contribution is 0.0584. The first-order chi connectivity index (χ1) is 8.36. The average molecular weight is 231 g/mol. The number of nitrogens with two attached hydrogens (primary N) is 1. The van der Waals surface area contributed by atoms with Crippen molar-refractivity contribution in [2.24, 2.45) is 11.7 Å². The number of hydrogen-bond donors (Lipinski definition) is 1. The molecule has 1 saturated heterocycles. The van der Waals surface area contributed by atoms with Crippen molar-refractivity contribution in [3.63, 3.8) is 0 Å². The highest BCUT2D eigenvalue weighted by Gasteiger charge is 2.24. The predicted octanol–water partition coefficient (Wildman–Crippen LogP) is 2.86. The quantitative estimate of drug-likeness (QED) is 0.864. The summed E-state index contributed by atoms with van der Waals surface area (Å²) in [7, 11) is 0. The summed E-state index contributed by atoms with van der Waals surface area (Å²) in [5.41, 5.74) is 8.42. The fourth-order valence-corrected chi connectivity index (χ4v) is 2.59. The predicted molar refractivity (Wildman–Crippen MR) is 66.7 cm³/mol. The van der Waals surface area contributed by atoms with Crippen LogP contribution in [0.2, 0.25) is 0 Å². The minimum atomic E-state index is 0.0579. The highest BCUT2D eigenvalue weighted by molar-refractivity contribution is 5.81. The average Bonchev–Trinajstić information content (AvgIpc) is 2.83. The first kappa shape index (κ1) is 10.8. The molecule has 90 valence electrons. The van der Waals surface area contributed by atoms with Crippen molar-refractivity contribution in [3.8, 4) is 0 Å². The van der Waals surface area contributed by atoms with E-state index in [-0.39, 0.29) is 6.04 Å². The molecule has 1 fully saturated rings. The Kier molecular flexibility index (Phi) is 2.87. The van der Waals surface area contributed by atoms with Gasteiger partial charge in [0.25, 0.3) is 0 Å². The first-order valence-electron chi connectivity index (χ1n) is 6.16. The molecule has 1 unspecified atom stereocenters. The molecule has 1 aromatic carbocycles. The van der Waals surface area contributed by atoms with Crippen molar-refractivity contribution in [1.82, 2.24) is 0 Å². The highest BCUT2D eigenvalue weighted by Crippen LogP contribution is 2.33. The summed E-state index contributed by atoms with van der Waals surface area (Å²) in [6, 6.07) is 8.12. The maximum absolute atomic E-state index is 6.36. The molecule has 17 heavy (non-hydrogen) atoms. The lowest BCUT2D eigenvalue weighted by Crippen LogP contribution is -2.27. The van der Waals surface area contributed by atoms with Crippen molar-refractivity contribution in [3.05, 3.63) is 36.1 Å². The maximum Gasteiger partial charge on any atom is 0.134 e. The molecule has 0 spiro atoms. The summed E-state index contributed by atoms with van der Waals surface area (Å²) in [5.74, 6) is 0.504. The number of hydrogen-bond acceptors (Lipinski definition) is 3. The minimum Gasteiger partial charge on any atom is -0.464 e. The van der Waals surface area contributed by atoms with E-state index in [2.05, 4.69) is 6.07 Å². The molecule has 0 radical (unpaired) electrons. The van der Waals surface area contributed by atoms with Crippen molar-refractivity contribution in [1.29, 1.82) is 0 Å². The Labute approximate surface area is 101 Å². The summed E-state index contributed by atoms with van der Waals surface area (Å²) < 4.78 is 10.9. The molecule has 3 heteroatoms. The lowest BCUT2D eigenvalue weighted by Gasteiger charge is -2.27. The van der Waals surface area contributed by atoms with Crippen molar-refractivity contribution in [2.45, 2.75) is 18.9 Å². The molecule has 3 rings (SSSR count). The standard InChI is InChI=1S/C14H17NO2/c15-14(10-5-7-16-8-6-10)12-9-17-13-4-2-1-3-11(12)13/h1-4,9-10,14H,5-8,15H2. The smallest absolute Gasteiger partial charge is 0.134 e. The fraction of sp³-hybridized carbons (Fsp3) is 0.429. The normalized spacial score (nSPS) is 19.6. The molecule has 3 nitrogen and oxygen atoms in total. The van der Waals surface area contributed by atoms with Crippen LogP contribution in [0.25, 0.3) is 11.0 Å². The van der Waals surface area contributed by atoms with E-state index in [0.717, 1.165) is 42.6 Å². The Bertz CT molecular complexity index is 500. The van der Waals surface area contributed by atoms with Gasteiger partial charge < -0.3 is 14.9 Å². The largest absolute Gasteiger partial charge is 0.464 e. The Hall–Kier alpha value is -1.32. The monoisotopic (exact) mass is 231 g/mol. The van der Waals surface area contributed by atoms with Crippen LogP contribution >= 0.6 is 0 Å². The van der Waals surface area contributed by atoms with Crippen LogP contribution in [-0.4, -0.2) is 13.2 Å². The van der Waals surface area contributed by atoms with Gasteiger partial charge in [0.1, 0.15) is 5.58 Å². The van der Waals surface area contributed by atoms with Gasteiger partial charge in [0, 0.05) is 30.2 Å². The molecular weight excluding hydrogens is 214 g/mol. The molecule has 0 aliphatic carbocycles. The third kappa shape index (κ3) is 1.96. The van der Waals surface area contributed by atoms with Crippen LogP contribution in [0.1, 0.15) is 24.4 Å². The number of furan rings is 1. The molecule has 2 N–H and O–H groups in total. The second-order valence-electron chi connectivity index (χ2n) is 4.66. The molecule has 0 saturated carbocycles. The number of rotatable bonds is 2. The molecule has 1 aliphatic rings. The van der Waals surface area contributed by atoms with E-state index in [4.69, 9.17) is 14.9 Å². The topological polar surface area (TPSA) is 48.4 Å². The summed E-state index contributed by atoms with van der Waals surface area (Å²) >= 11 is 0. The van der Waals surface area contributed by atoms with Crippen molar-refractivity contribution in [2.75, 3.05) is 13.2 Å². The zero-order valence-electron chi connectivity index (χ0n) is 9.76. The van der Waals surface area contributed by atoms with E-state index in [1.807, 2.05) is 24.5 Å². The zero-order chi connectivity index (χ0) is 11.7. The first-order valence-corrected chi connectivity index (χ1v) is 6.16. The highest BCUT2D eigenvalue weighted by atomic mass is 16.5. The van der Waals surface area contributed by atoms with E-state index in [1.54, 1.807) is 0 Å². The Balaban J connectivity index is 1.92. The van der Waals surface area contributed by atoms with Crippen LogP contribution in [0.3, 0.4) is 0 Å². The van der Waals surface area contributed by atoms with Gasteiger partial charge in [-0.25, -0.2) is 0 Å². The minimum absolute atomic E-state index is 0.0579. The molecule has 1 aromatic heterocycles. The second kappa shape index (κ2) is 4.51. The third-order valence-corrected chi connectivity index (χ3v) is 3.64. The van der Waals surface area contributed by atoms with Crippen molar-refractivity contribution >= 4 is 11.0 Å². The summed E-state index contributed by atoms with van der Waals surface area (Å²) in [6.07, 6.45) is 3.89. The van der Waals surface area contributed by atoms with E-state index >= 15 is 0 Å². The third-order valence-electron chi connectivity index (χ3n) is 3.64. The molecule has 1 atom stereocenters. The molecule has 0 amide bonds. The molecular formula is C14H17NO2. The Morgan fingerprint density at radius 2 is 1.94 bits per heavy atom. The van der Waals surface area contributed by atoms with E-state index < -0.39 is 0 Å². The van der Waals surface area contributed by atoms with E-state index in [9.17, 15) is 0 Å². The van der Waals surface area contributed by atoms with Crippen LogP contribution in [-0.2, 0) is 4.74 Å². The number of para-hydroxylation sites is 1. The lowest BCUT2D eigenvalue weighted by atomic mass is 9.88. The van der Waals surface area contributed by atoms with Gasteiger partial charge >= 0.3 is 0 Å². The van der Waals surface area contributed by atoms with Crippen LogP contribution in [0.15, 0.2) is 34.9 Å². The Morgan fingerprint density at radius 1 is 1.18 bits per heavy atom. The van der Waals surface area contributed by atoms with Gasteiger partial charge in [-0.3, -0.25) is 0 Å². The Morgan fingerprint density at radius 3 is 2.76 bits per heavy atom. The zero-order valence-corrected chi connectivity index (χ0v) is 9.76. The summed E-state index contributed by atoms with van der Waals surface area (Å²) in [6.45, 7) is 1.66. The van der Waals surface area contributed by atoms with Gasteiger partial charge in [0.15, 0.2) is 0 Å². The van der Waals surface area contributed by atoms with Crippen LogP contribution < -0.4 is 5.73 Å². The maximum atomic E-state index is 6.36. The van der Waals surface area contributed by atoms with Gasteiger partial charge in [-0.05, 0) is 24.8 Å². The van der Waals surface area contributed by atoms with Crippen LogP contribution in [0.4, 0.5) is 0 Å². The molecule has 1 aliphatic heterocycles. The van der Waals surface area contributed by atoms with Crippen LogP contribution in [0, 0.1) is 5.92 Å². The molecule has 0 bridgehead atoms. The van der Waals surface area contributed by atoms with Gasteiger partial charge in [-0.2, -0.15) is 0 Å². The SMILES string of the molecule is NC(c1coc2ccccc12)C1CCOCC1. The van der Waals surface area contributed by atoms with Gasteiger partial charge in [0.2, 0.25) is 0 Å². The molecule has 2 heterocycles. The summed E-state index contributed by atoms with van der Waals surface area (Å²) in [5, 5.41) is 1.14. The fourth-order valence-electron chi connectivity index (χ4n) is 2.59. The van der Waals surface area contributed by atoms with Gasteiger partial charge in [-0.15, -0.1) is 0 Å². The number of benzene rings is 1. The van der Waals surface area contributed by atoms with Crippen molar-refractivity contribution < 1.29 is 9.15 Å². The number of ether oxygens (including phenoxy) is 1.